The predicted molar refractivity (Wildman–Crippen MR) is 54.8 cm³/mol. The number of carbonyl (C=O) groups is 1. The molecule has 0 fully saturated rings. The van der Waals surface area contributed by atoms with Crippen LogP contribution in [-0.2, 0) is 14.0 Å². The van der Waals surface area contributed by atoms with Gasteiger partial charge in [-0.3, -0.25) is 4.79 Å². The summed E-state index contributed by atoms with van der Waals surface area (Å²) in [5, 5.41) is 0. The molecule has 0 unspecified atom stereocenters. The molecule has 0 N–H and O–H groups in total. The first-order chi connectivity index (χ1) is 5.85. The van der Waals surface area contributed by atoms with Crippen LogP contribution in [0.5, 0.6) is 0 Å². The van der Waals surface area contributed by atoms with E-state index in [2.05, 4.69) is 0 Å². The zero-order valence-electron chi connectivity index (χ0n) is 9.01. The molecule has 0 aromatic heterocycles. The molecule has 0 aliphatic heterocycles. The lowest BCUT2D eigenvalue weighted by Crippen LogP contribution is -2.26. The molecule has 0 atom stereocenters. The third-order valence-corrected chi connectivity index (χ3v) is 1.83. The van der Waals surface area contributed by atoms with Gasteiger partial charge in [-0.25, -0.2) is 0 Å². The molecule has 0 bridgehead atoms. The maximum Gasteiger partial charge on any atom is 0.268 e. The SMILES string of the molecule is CCOC(=CC(C)=O)O[Si](C)(C)C. The van der Waals surface area contributed by atoms with Gasteiger partial charge in [-0.05, 0) is 33.5 Å². The molecule has 0 amide bonds. The fourth-order valence-electron chi connectivity index (χ4n) is 0.711. The summed E-state index contributed by atoms with van der Waals surface area (Å²) >= 11 is 0. The van der Waals surface area contributed by atoms with Gasteiger partial charge in [0, 0.05) is 0 Å². The van der Waals surface area contributed by atoms with Gasteiger partial charge in [0.2, 0.25) is 8.32 Å². The van der Waals surface area contributed by atoms with Crippen LogP contribution in [0.15, 0.2) is 12.0 Å². The van der Waals surface area contributed by atoms with E-state index in [4.69, 9.17) is 9.16 Å². The summed E-state index contributed by atoms with van der Waals surface area (Å²) < 4.78 is 10.7. The molecule has 0 aromatic rings. The van der Waals surface area contributed by atoms with E-state index in [0.29, 0.717) is 12.6 Å². The molecule has 0 saturated heterocycles. The lowest BCUT2D eigenvalue weighted by atomic mass is 10.4. The summed E-state index contributed by atoms with van der Waals surface area (Å²) in [5.41, 5.74) is 0. The van der Waals surface area contributed by atoms with Gasteiger partial charge in [0.1, 0.15) is 0 Å². The number of rotatable bonds is 5. The largest absolute Gasteiger partial charge is 0.520 e. The van der Waals surface area contributed by atoms with Crippen LogP contribution in [0.1, 0.15) is 13.8 Å². The fourth-order valence-corrected chi connectivity index (χ4v) is 1.43. The summed E-state index contributed by atoms with van der Waals surface area (Å²) in [6, 6.07) is 0. The molecule has 0 radical (unpaired) electrons. The molecule has 0 heterocycles. The van der Waals surface area contributed by atoms with Crippen molar-refractivity contribution in [2.75, 3.05) is 6.61 Å². The molecule has 76 valence electrons. The van der Waals surface area contributed by atoms with E-state index in [1.54, 1.807) is 0 Å². The average molecular weight is 202 g/mol. The molecule has 0 aromatic carbocycles. The Morgan fingerprint density at radius 3 is 2.23 bits per heavy atom. The standard InChI is InChI=1S/C9H18O3Si/c1-6-11-9(7-8(2)10)12-13(3,4)5/h7H,6H2,1-5H3. The van der Waals surface area contributed by atoms with Crippen molar-refractivity contribution in [3.8, 4) is 0 Å². The van der Waals surface area contributed by atoms with Crippen molar-refractivity contribution < 1.29 is 14.0 Å². The van der Waals surface area contributed by atoms with E-state index in [-0.39, 0.29) is 5.78 Å². The molecule has 3 nitrogen and oxygen atoms in total. The minimum atomic E-state index is -1.67. The van der Waals surface area contributed by atoms with Crippen molar-refractivity contribution in [3.63, 3.8) is 0 Å². The van der Waals surface area contributed by atoms with Crippen LogP contribution in [0.25, 0.3) is 0 Å². The Labute approximate surface area is 80.9 Å². The zero-order valence-corrected chi connectivity index (χ0v) is 10.0. The van der Waals surface area contributed by atoms with Gasteiger partial charge in [0.25, 0.3) is 5.95 Å². The van der Waals surface area contributed by atoms with E-state index in [0.717, 1.165) is 0 Å². The summed E-state index contributed by atoms with van der Waals surface area (Å²) in [5.74, 6) is 0.302. The first kappa shape index (κ1) is 12.2. The second-order valence-electron chi connectivity index (χ2n) is 3.72. The van der Waals surface area contributed by atoms with Gasteiger partial charge < -0.3 is 9.16 Å². The average Bonchev–Trinajstić information content (AvgIpc) is 1.81. The van der Waals surface area contributed by atoms with Gasteiger partial charge in [-0.2, -0.15) is 0 Å². The Morgan fingerprint density at radius 2 is 1.92 bits per heavy atom. The number of hydrogen-bond donors (Lipinski definition) is 0. The molecule has 0 aliphatic rings. The normalized spacial score (nSPS) is 12.5. The molecule has 0 aliphatic carbocycles. The fraction of sp³-hybridized carbons (Fsp3) is 0.667. The Bertz CT molecular complexity index is 203. The van der Waals surface area contributed by atoms with Gasteiger partial charge in [0.05, 0.1) is 12.7 Å². The van der Waals surface area contributed by atoms with Gasteiger partial charge >= 0.3 is 0 Å². The van der Waals surface area contributed by atoms with Crippen molar-refractivity contribution in [1.29, 1.82) is 0 Å². The minimum Gasteiger partial charge on any atom is -0.520 e. The lowest BCUT2D eigenvalue weighted by Gasteiger charge is -2.20. The highest BCUT2D eigenvalue weighted by molar-refractivity contribution is 6.70. The van der Waals surface area contributed by atoms with Crippen LogP contribution in [0.4, 0.5) is 0 Å². The third kappa shape index (κ3) is 7.58. The molecule has 0 spiro atoms. The number of carbonyl (C=O) groups excluding carboxylic acids is 1. The third-order valence-electron chi connectivity index (χ3n) is 1.01. The van der Waals surface area contributed by atoms with E-state index < -0.39 is 8.32 Å². The lowest BCUT2D eigenvalue weighted by molar-refractivity contribution is -0.113. The van der Waals surface area contributed by atoms with E-state index in [1.165, 1.54) is 13.0 Å². The molecule has 0 saturated carbocycles. The Kier molecular flexibility index (Phi) is 4.76. The topological polar surface area (TPSA) is 35.5 Å². The Balaban J connectivity index is 4.35. The maximum absolute atomic E-state index is 10.8. The summed E-state index contributed by atoms with van der Waals surface area (Å²) in [7, 11) is -1.67. The number of ketones is 1. The Morgan fingerprint density at radius 1 is 1.38 bits per heavy atom. The molecular weight excluding hydrogens is 184 g/mol. The minimum absolute atomic E-state index is 0.0540. The number of allylic oxidation sites excluding steroid dienone is 1. The molecule has 13 heavy (non-hydrogen) atoms. The highest BCUT2D eigenvalue weighted by Gasteiger charge is 2.18. The van der Waals surface area contributed by atoms with Crippen molar-refractivity contribution in [2.45, 2.75) is 33.5 Å². The first-order valence-corrected chi connectivity index (χ1v) is 7.80. The van der Waals surface area contributed by atoms with Gasteiger partial charge in [-0.1, -0.05) is 0 Å². The molecule has 4 heteroatoms. The first-order valence-electron chi connectivity index (χ1n) is 4.39. The summed E-state index contributed by atoms with van der Waals surface area (Å²) in [6.45, 7) is 9.98. The van der Waals surface area contributed by atoms with Crippen LogP contribution in [-0.4, -0.2) is 20.7 Å². The molecular formula is C9H18O3Si. The van der Waals surface area contributed by atoms with Crippen LogP contribution in [0.2, 0.25) is 19.6 Å². The second kappa shape index (κ2) is 5.06. The van der Waals surface area contributed by atoms with Crippen molar-refractivity contribution in [3.05, 3.63) is 12.0 Å². The summed E-state index contributed by atoms with van der Waals surface area (Å²) in [4.78, 5) is 10.8. The van der Waals surface area contributed by atoms with Crippen LogP contribution < -0.4 is 0 Å². The van der Waals surface area contributed by atoms with Crippen LogP contribution >= 0.6 is 0 Å². The quantitative estimate of drug-likeness (QED) is 0.390. The van der Waals surface area contributed by atoms with Gasteiger partial charge in [0.15, 0.2) is 5.78 Å². The maximum atomic E-state index is 10.8. The van der Waals surface area contributed by atoms with Crippen molar-refractivity contribution in [2.24, 2.45) is 0 Å². The van der Waals surface area contributed by atoms with E-state index >= 15 is 0 Å². The Hall–Kier alpha value is -0.773. The van der Waals surface area contributed by atoms with Crippen LogP contribution in [0, 0.1) is 0 Å². The highest BCUT2D eigenvalue weighted by Crippen LogP contribution is 2.11. The summed E-state index contributed by atoms with van der Waals surface area (Å²) in [6.07, 6.45) is 1.39. The van der Waals surface area contributed by atoms with Gasteiger partial charge in [-0.15, -0.1) is 0 Å². The highest BCUT2D eigenvalue weighted by atomic mass is 28.4. The van der Waals surface area contributed by atoms with Crippen LogP contribution in [0.3, 0.4) is 0 Å². The molecule has 0 rings (SSSR count). The monoisotopic (exact) mass is 202 g/mol. The van der Waals surface area contributed by atoms with E-state index in [9.17, 15) is 4.79 Å². The van der Waals surface area contributed by atoms with E-state index in [1.807, 2.05) is 26.6 Å². The predicted octanol–water partition coefficient (Wildman–Crippen LogP) is 2.30. The number of ether oxygens (including phenoxy) is 1. The second-order valence-corrected chi connectivity index (χ2v) is 8.15. The number of hydrogen-bond acceptors (Lipinski definition) is 3. The van der Waals surface area contributed by atoms with Crippen molar-refractivity contribution >= 4 is 14.1 Å². The zero-order chi connectivity index (χ0) is 10.5. The smallest absolute Gasteiger partial charge is 0.268 e. The van der Waals surface area contributed by atoms with Crippen molar-refractivity contribution in [1.82, 2.24) is 0 Å².